The maximum Gasteiger partial charge on any atom is 0.116 e. The van der Waals surface area contributed by atoms with Gasteiger partial charge in [0.15, 0.2) is 0 Å². The van der Waals surface area contributed by atoms with E-state index in [2.05, 4.69) is 0 Å². The van der Waals surface area contributed by atoms with Crippen LogP contribution in [0.1, 0.15) is 19.8 Å². The van der Waals surface area contributed by atoms with E-state index in [1.807, 2.05) is 13.0 Å². The van der Waals surface area contributed by atoms with Crippen LogP contribution in [0, 0.1) is 0 Å². The lowest BCUT2D eigenvalue weighted by Crippen LogP contribution is -2.07. The van der Waals surface area contributed by atoms with Crippen LogP contribution in [0.15, 0.2) is 23.1 Å². The summed E-state index contributed by atoms with van der Waals surface area (Å²) in [4.78, 5) is 0. The minimum absolute atomic E-state index is 0.343. The van der Waals surface area contributed by atoms with Gasteiger partial charge in [0.2, 0.25) is 0 Å². The maximum absolute atomic E-state index is 9.06. The fraction of sp³-hybridized carbons (Fsp3) is 0.429. The smallest absolute Gasteiger partial charge is 0.116 e. The van der Waals surface area contributed by atoms with E-state index in [0.29, 0.717) is 17.9 Å². The number of hydrogen-bond acceptors (Lipinski definition) is 2. The topological polar surface area (TPSA) is 46.2 Å². The second-order valence-electron chi connectivity index (χ2n) is 2.29. The van der Waals surface area contributed by atoms with Crippen LogP contribution in [-0.4, -0.2) is 5.11 Å². The minimum atomic E-state index is 0.343. The molecule has 0 amide bonds. The highest BCUT2D eigenvalue weighted by molar-refractivity contribution is 5.31. The van der Waals surface area contributed by atoms with Gasteiger partial charge in [0.1, 0.15) is 5.76 Å². The molecule has 0 spiro atoms. The van der Waals surface area contributed by atoms with Crippen LogP contribution >= 0.6 is 0 Å². The third-order valence-corrected chi connectivity index (χ3v) is 1.57. The minimum Gasteiger partial charge on any atom is -0.510 e. The molecule has 0 aliphatic heterocycles. The Kier molecular flexibility index (Phi) is 1.47. The number of aliphatic hydroxyl groups is 1. The Morgan fingerprint density at radius 1 is 1.67 bits per heavy atom. The normalized spacial score (nSPS) is 19.9. The van der Waals surface area contributed by atoms with Crippen molar-refractivity contribution >= 4 is 0 Å². The number of rotatable bonds is 0. The third-order valence-electron chi connectivity index (χ3n) is 1.57. The average Bonchev–Trinajstić information content (AvgIpc) is 1.83. The van der Waals surface area contributed by atoms with Gasteiger partial charge in [-0.1, -0.05) is 6.08 Å². The largest absolute Gasteiger partial charge is 0.510 e. The summed E-state index contributed by atoms with van der Waals surface area (Å²) in [5.74, 6) is 0.343. The lowest BCUT2D eigenvalue weighted by Gasteiger charge is -2.10. The van der Waals surface area contributed by atoms with Crippen LogP contribution < -0.4 is 5.73 Å². The summed E-state index contributed by atoms with van der Waals surface area (Å²) in [6, 6.07) is 0. The highest BCUT2D eigenvalue weighted by Crippen LogP contribution is 2.18. The van der Waals surface area contributed by atoms with E-state index in [1.165, 1.54) is 0 Å². The maximum atomic E-state index is 9.06. The van der Waals surface area contributed by atoms with Gasteiger partial charge in [0.25, 0.3) is 0 Å². The third kappa shape index (κ3) is 1.07. The van der Waals surface area contributed by atoms with Crippen molar-refractivity contribution in [3.8, 4) is 0 Å². The van der Waals surface area contributed by atoms with Gasteiger partial charge in [-0.3, -0.25) is 0 Å². The molecule has 0 unspecified atom stereocenters. The van der Waals surface area contributed by atoms with E-state index in [4.69, 9.17) is 10.8 Å². The Balaban J connectivity index is 2.88. The van der Waals surface area contributed by atoms with E-state index in [9.17, 15) is 0 Å². The van der Waals surface area contributed by atoms with Gasteiger partial charge in [0.05, 0.1) is 5.70 Å². The molecule has 3 N–H and O–H groups in total. The molecule has 0 heterocycles. The Morgan fingerprint density at radius 3 is 2.78 bits per heavy atom. The van der Waals surface area contributed by atoms with Crippen LogP contribution in [-0.2, 0) is 0 Å². The van der Waals surface area contributed by atoms with Crippen molar-refractivity contribution in [3.63, 3.8) is 0 Å². The van der Waals surface area contributed by atoms with Gasteiger partial charge < -0.3 is 10.8 Å². The molecule has 1 aliphatic carbocycles. The molecular formula is C7H11NO. The quantitative estimate of drug-likeness (QED) is 0.514. The fourth-order valence-electron chi connectivity index (χ4n) is 0.898. The van der Waals surface area contributed by atoms with Crippen molar-refractivity contribution < 1.29 is 5.11 Å². The average molecular weight is 125 g/mol. The van der Waals surface area contributed by atoms with Gasteiger partial charge in [0, 0.05) is 6.42 Å². The van der Waals surface area contributed by atoms with Gasteiger partial charge >= 0.3 is 0 Å². The van der Waals surface area contributed by atoms with Crippen molar-refractivity contribution in [3.05, 3.63) is 23.1 Å². The zero-order chi connectivity index (χ0) is 6.85. The highest BCUT2D eigenvalue weighted by Gasteiger charge is 2.06. The summed E-state index contributed by atoms with van der Waals surface area (Å²) in [7, 11) is 0. The molecule has 0 aromatic rings. The Bertz CT molecular complexity index is 179. The molecule has 2 heteroatoms. The van der Waals surface area contributed by atoms with Crippen LogP contribution in [0.4, 0.5) is 0 Å². The number of aliphatic hydroxyl groups excluding tert-OH is 1. The molecule has 1 rings (SSSR count). The van der Waals surface area contributed by atoms with Crippen molar-refractivity contribution in [1.82, 2.24) is 0 Å². The SMILES string of the molecule is CC1=CCCC(O)=C1N. The van der Waals surface area contributed by atoms with Crippen molar-refractivity contribution in [2.24, 2.45) is 5.73 Å². The predicted molar refractivity (Wildman–Crippen MR) is 36.8 cm³/mol. The summed E-state index contributed by atoms with van der Waals surface area (Å²) < 4.78 is 0. The van der Waals surface area contributed by atoms with Gasteiger partial charge in [-0.15, -0.1) is 0 Å². The van der Waals surface area contributed by atoms with Crippen LogP contribution in [0.5, 0.6) is 0 Å². The lowest BCUT2D eigenvalue weighted by atomic mass is 10.0. The molecule has 0 radical (unpaired) electrons. The van der Waals surface area contributed by atoms with E-state index in [1.54, 1.807) is 0 Å². The molecule has 0 fully saturated rings. The molecule has 2 nitrogen and oxygen atoms in total. The summed E-state index contributed by atoms with van der Waals surface area (Å²) in [5.41, 5.74) is 7.04. The van der Waals surface area contributed by atoms with Crippen LogP contribution in [0.25, 0.3) is 0 Å². The highest BCUT2D eigenvalue weighted by atomic mass is 16.3. The van der Waals surface area contributed by atoms with E-state index >= 15 is 0 Å². The standard InChI is InChI=1S/C7H11NO/c1-5-3-2-4-6(9)7(5)8/h3,9H,2,4,8H2,1H3. The van der Waals surface area contributed by atoms with Crippen molar-refractivity contribution in [2.45, 2.75) is 19.8 Å². The first-order chi connectivity index (χ1) is 4.22. The number of allylic oxidation sites excluding steroid dienone is 3. The molecule has 0 bridgehead atoms. The zero-order valence-electron chi connectivity index (χ0n) is 5.52. The number of hydrogen-bond donors (Lipinski definition) is 2. The van der Waals surface area contributed by atoms with Crippen LogP contribution in [0.3, 0.4) is 0 Å². The van der Waals surface area contributed by atoms with E-state index in [-0.39, 0.29) is 0 Å². The van der Waals surface area contributed by atoms with Gasteiger partial charge in [-0.05, 0) is 18.9 Å². The first-order valence-electron chi connectivity index (χ1n) is 3.06. The Morgan fingerprint density at radius 2 is 2.33 bits per heavy atom. The summed E-state index contributed by atoms with van der Waals surface area (Å²) in [6.45, 7) is 1.91. The Hall–Kier alpha value is -0.920. The van der Waals surface area contributed by atoms with Crippen molar-refractivity contribution in [1.29, 1.82) is 0 Å². The monoisotopic (exact) mass is 125 g/mol. The second kappa shape index (κ2) is 2.13. The first kappa shape index (κ1) is 6.20. The molecule has 0 atom stereocenters. The van der Waals surface area contributed by atoms with Crippen molar-refractivity contribution in [2.75, 3.05) is 0 Å². The second-order valence-corrected chi connectivity index (χ2v) is 2.29. The molecule has 0 aromatic heterocycles. The summed E-state index contributed by atoms with van der Waals surface area (Å²) in [5, 5.41) is 9.06. The summed E-state index contributed by atoms with van der Waals surface area (Å²) in [6.07, 6.45) is 3.65. The zero-order valence-corrected chi connectivity index (χ0v) is 5.52. The fourth-order valence-corrected chi connectivity index (χ4v) is 0.898. The lowest BCUT2D eigenvalue weighted by molar-refractivity contribution is 0.379. The molecule has 0 saturated heterocycles. The van der Waals surface area contributed by atoms with Gasteiger partial charge in [-0.2, -0.15) is 0 Å². The molecular weight excluding hydrogens is 114 g/mol. The van der Waals surface area contributed by atoms with E-state index < -0.39 is 0 Å². The first-order valence-corrected chi connectivity index (χ1v) is 3.06. The molecule has 0 aromatic carbocycles. The Labute approximate surface area is 54.7 Å². The molecule has 0 saturated carbocycles. The van der Waals surface area contributed by atoms with Gasteiger partial charge in [-0.25, -0.2) is 0 Å². The molecule has 9 heavy (non-hydrogen) atoms. The predicted octanol–water partition coefficient (Wildman–Crippen LogP) is 1.45. The van der Waals surface area contributed by atoms with E-state index in [0.717, 1.165) is 12.0 Å². The number of nitrogens with two attached hydrogens (primary N) is 1. The molecule has 1 aliphatic rings. The molecule has 50 valence electrons. The van der Waals surface area contributed by atoms with Crippen LogP contribution in [0.2, 0.25) is 0 Å². The summed E-state index contributed by atoms with van der Waals surface area (Å²) >= 11 is 0.